The van der Waals surface area contributed by atoms with Crippen LogP contribution in [0.15, 0.2) is 0 Å². The summed E-state index contributed by atoms with van der Waals surface area (Å²) >= 11 is 0. The highest BCUT2D eigenvalue weighted by Gasteiger charge is 2.39. The molecule has 1 aliphatic heterocycles. The van der Waals surface area contributed by atoms with Crippen LogP contribution in [0.3, 0.4) is 0 Å². The van der Waals surface area contributed by atoms with Crippen molar-refractivity contribution >= 4 is 15.6 Å². The minimum atomic E-state index is -2.86. The summed E-state index contributed by atoms with van der Waals surface area (Å²) in [6.45, 7) is 1.56. The van der Waals surface area contributed by atoms with E-state index in [0.29, 0.717) is 19.3 Å². The van der Waals surface area contributed by atoms with Crippen molar-refractivity contribution in [1.82, 2.24) is 4.90 Å². The second kappa shape index (κ2) is 4.22. The molecule has 1 saturated heterocycles. The maximum Gasteiger partial charge on any atom is 0.150 e. The van der Waals surface area contributed by atoms with Crippen LogP contribution in [0.5, 0.6) is 0 Å². The molecule has 0 bridgehead atoms. The Morgan fingerprint density at radius 2 is 1.73 bits per heavy atom. The molecule has 1 aliphatic rings. The highest BCUT2D eigenvalue weighted by molar-refractivity contribution is 7.91. The molecule has 4 nitrogen and oxygen atoms in total. The quantitative estimate of drug-likeness (QED) is 0.711. The van der Waals surface area contributed by atoms with Crippen molar-refractivity contribution in [1.29, 1.82) is 0 Å². The van der Waals surface area contributed by atoms with Gasteiger partial charge < -0.3 is 4.90 Å². The van der Waals surface area contributed by atoms with Crippen molar-refractivity contribution in [2.75, 3.05) is 25.6 Å². The molecule has 0 aromatic rings. The molecule has 1 rings (SSSR count). The average molecular weight is 233 g/mol. The Kier molecular flexibility index (Phi) is 3.55. The Morgan fingerprint density at radius 1 is 1.27 bits per heavy atom. The standard InChI is InChI=1S/C10H19NO3S/c1-9(12)8-10(11(2)3)4-6-15(13,14)7-5-10/h4-8H2,1-3H3. The molecule has 0 aromatic carbocycles. The van der Waals surface area contributed by atoms with E-state index in [1.54, 1.807) is 6.92 Å². The van der Waals surface area contributed by atoms with Crippen LogP contribution in [-0.4, -0.2) is 50.2 Å². The maximum absolute atomic E-state index is 11.3. The number of carbonyl (C=O) groups excluding carboxylic acids is 1. The molecule has 0 radical (unpaired) electrons. The zero-order valence-corrected chi connectivity index (χ0v) is 10.4. The summed E-state index contributed by atoms with van der Waals surface area (Å²) in [7, 11) is 0.974. The van der Waals surface area contributed by atoms with Gasteiger partial charge in [-0.25, -0.2) is 8.42 Å². The van der Waals surface area contributed by atoms with E-state index in [1.165, 1.54) is 0 Å². The van der Waals surface area contributed by atoms with Crippen LogP contribution < -0.4 is 0 Å². The van der Waals surface area contributed by atoms with E-state index in [2.05, 4.69) is 0 Å². The Labute approximate surface area is 91.6 Å². The summed E-state index contributed by atoms with van der Waals surface area (Å²) in [6, 6.07) is 0. The fourth-order valence-corrected chi connectivity index (χ4v) is 3.75. The van der Waals surface area contributed by atoms with Gasteiger partial charge in [0.2, 0.25) is 0 Å². The molecular weight excluding hydrogens is 214 g/mol. The Bertz CT molecular complexity index is 332. The van der Waals surface area contributed by atoms with Gasteiger partial charge in [0.1, 0.15) is 15.6 Å². The normalized spacial score (nSPS) is 24.0. The lowest BCUT2D eigenvalue weighted by Crippen LogP contribution is -2.51. The van der Waals surface area contributed by atoms with E-state index < -0.39 is 9.84 Å². The molecule has 15 heavy (non-hydrogen) atoms. The van der Waals surface area contributed by atoms with E-state index in [9.17, 15) is 13.2 Å². The molecule has 1 heterocycles. The van der Waals surface area contributed by atoms with Crippen LogP contribution >= 0.6 is 0 Å². The Balaban J connectivity index is 2.82. The van der Waals surface area contributed by atoms with Gasteiger partial charge in [0.15, 0.2) is 0 Å². The molecule has 0 unspecified atom stereocenters. The average Bonchev–Trinajstić information content (AvgIpc) is 2.08. The van der Waals surface area contributed by atoms with Gasteiger partial charge in [0.05, 0.1) is 11.5 Å². The van der Waals surface area contributed by atoms with Crippen molar-refractivity contribution in [2.24, 2.45) is 0 Å². The number of hydrogen-bond donors (Lipinski definition) is 0. The van der Waals surface area contributed by atoms with Gasteiger partial charge in [-0.1, -0.05) is 0 Å². The molecule has 0 amide bonds. The lowest BCUT2D eigenvalue weighted by atomic mass is 9.86. The third-order valence-electron chi connectivity index (χ3n) is 3.28. The number of ketones is 1. The smallest absolute Gasteiger partial charge is 0.150 e. The van der Waals surface area contributed by atoms with E-state index in [0.717, 1.165) is 0 Å². The topological polar surface area (TPSA) is 54.5 Å². The zero-order chi connectivity index (χ0) is 11.7. The highest BCUT2D eigenvalue weighted by Crippen LogP contribution is 2.31. The molecule has 1 fully saturated rings. The number of carbonyl (C=O) groups is 1. The molecule has 88 valence electrons. The van der Waals surface area contributed by atoms with Crippen molar-refractivity contribution in [3.05, 3.63) is 0 Å². The fraction of sp³-hybridized carbons (Fsp3) is 0.900. The number of Topliss-reactive ketones (excluding diaryl/α,β-unsaturated/α-hetero) is 1. The van der Waals surface area contributed by atoms with E-state index in [-0.39, 0.29) is 22.8 Å². The first-order valence-electron chi connectivity index (χ1n) is 5.15. The minimum absolute atomic E-state index is 0.128. The molecule has 0 saturated carbocycles. The van der Waals surface area contributed by atoms with Crippen molar-refractivity contribution in [3.8, 4) is 0 Å². The lowest BCUT2D eigenvalue weighted by Gasteiger charge is -2.42. The van der Waals surface area contributed by atoms with Crippen molar-refractivity contribution in [2.45, 2.75) is 31.7 Å². The lowest BCUT2D eigenvalue weighted by molar-refractivity contribution is -0.119. The largest absolute Gasteiger partial charge is 0.303 e. The second-order valence-corrected chi connectivity index (χ2v) is 6.95. The number of sulfone groups is 1. The van der Waals surface area contributed by atoms with Crippen LogP contribution in [-0.2, 0) is 14.6 Å². The van der Waals surface area contributed by atoms with Crippen LogP contribution in [0.1, 0.15) is 26.2 Å². The molecule has 0 aliphatic carbocycles. The predicted molar refractivity (Wildman–Crippen MR) is 59.6 cm³/mol. The number of hydrogen-bond acceptors (Lipinski definition) is 4. The van der Waals surface area contributed by atoms with Gasteiger partial charge in [0.25, 0.3) is 0 Å². The molecule has 0 atom stereocenters. The van der Waals surface area contributed by atoms with Crippen LogP contribution in [0.4, 0.5) is 0 Å². The van der Waals surface area contributed by atoms with Crippen LogP contribution in [0.25, 0.3) is 0 Å². The number of nitrogens with zero attached hydrogens (tertiary/aromatic N) is 1. The molecule has 0 aromatic heterocycles. The van der Waals surface area contributed by atoms with E-state index in [4.69, 9.17) is 0 Å². The third kappa shape index (κ3) is 3.01. The highest BCUT2D eigenvalue weighted by atomic mass is 32.2. The first kappa shape index (κ1) is 12.6. The Morgan fingerprint density at radius 3 is 2.07 bits per heavy atom. The molecular formula is C10H19NO3S. The molecule has 5 heteroatoms. The zero-order valence-electron chi connectivity index (χ0n) is 9.62. The molecule has 0 spiro atoms. The second-order valence-electron chi connectivity index (χ2n) is 4.65. The SMILES string of the molecule is CC(=O)CC1(N(C)C)CCS(=O)(=O)CC1. The van der Waals surface area contributed by atoms with Crippen LogP contribution in [0.2, 0.25) is 0 Å². The summed E-state index contributed by atoms with van der Waals surface area (Å²) in [4.78, 5) is 13.2. The summed E-state index contributed by atoms with van der Waals surface area (Å²) in [6.07, 6.45) is 1.60. The van der Waals surface area contributed by atoms with Gasteiger partial charge in [0, 0.05) is 12.0 Å². The summed E-state index contributed by atoms with van der Waals surface area (Å²) in [5.74, 6) is 0.541. The first-order valence-corrected chi connectivity index (χ1v) is 6.97. The van der Waals surface area contributed by atoms with Crippen LogP contribution in [0, 0.1) is 0 Å². The van der Waals surface area contributed by atoms with E-state index in [1.807, 2.05) is 19.0 Å². The Hall–Kier alpha value is -0.420. The summed E-state index contributed by atoms with van der Waals surface area (Å²) in [5, 5.41) is 0. The molecule has 0 N–H and O–H groups in total. The van der Waals surface area contributed by atoms with E-state index >= 15 is 0 Å². The van der Waals surface area contributed by atoms with Gasteiger partial charge >= 0.3 is 0 Å². The van der Waals surface area contributed by atoms with Gasteiger partial charge in [-0.2, -0.15) is 0 Å². The van der Waals surface area contributed by atoms with Gasteiger partial charge in [-0.3, -0.25) is 4.79 Å². The fourth-order valence-electron chi connectivity index (χ4n) is 2.16. The minimum Gasteiger partial charge on any atom is -0.303 e. The summed E-state index contributed by atoms with van der Waals surface area (Å²) < 4.78 is 22.7. The maximum atomic E-state index is 11.3. The predicted octanol–water partition coefficient (Wildman–Crippen LogP) is 0.475. The van der Waals surface area contributed by atoms with Gasteiger partial charge in [-0.15, -0.1) is 0 Å². The van der Waals surface area contributed by atoms with Crippen molar-refractivity contribution < 1.29 is 13.2 Å². The van der Waals surface area contributed by atoms with Gasteiger partial charge in [-0.05, 0) is 33.9 Å². The summed E-state index contributed by atoms with van der Waals surface area (Å²) in [5.41, 5.74) is -0.239. The monoisotopic (exact) mass is 233 g/mol. The third-order valence-corrected chi connectivity index (χ3v) is 4.94. The van der Waals surface area contributed by atoms with Crippen molar-refractivity contribution in [3.63, 3.8) is 0 Å². The first-order chi connectivity index (χ1) is 6.77. The number of rotatable bonds is 3.